The Labute approximate surface area is 127 Å². The molecule has 0 aliphatic carbocycles. The lowest BCUT2D eigenvalue weighted by atomic mass is 10.1. The molecule has 0 heterocycles. The van der Waals surface area contributed by atoms with Gasteiger partial charge in [-0.1, -0.05) is 30.3 Å². The number of anilines is 1. The summed E-state index contributed by atoms with van der Waals surface area (Å²) in [6.07, 6.45) is -0.0718. The van der Waals surface area contributed by atoms with E-state index in [0.29, 0.717) is 23.6 Å². The minimum Gasteiger partial charge on any atom is -0.492 e. The van der Waals surface area contributed by atoms with Crippen molar-refractivity contribution in [1.29, 1.82) is 0 Å². The highest BCUT2D eigenvalue weighted by Gasteiger charge is 2.16. The van der Waals surface area contributed by atoms with Crippen molar-refractivity contribution in [3.05, 3.63) is 64.2 Å². The lowest BCUT2D eigenvalue weighted by molar-refractivity contribution is -0.385. The molecule has 0 aliphatic rings. The molecule has 0 spiro atoms. The molecular weight excluding hydrogens is 284 g/mol. The molecule has 2 aromatic carbocycles. The van der Waals surface area contributed by atoms with E-state index in [1.54, 1.807) is 36.4 Å². The SMILES string of the molecule is CCOc1ccccc1NC(=O)Cc1ccccc1[N+](=O)[O-]. The second kappa shape index (κ2) is 7.21. The molecule has 1 amide bonds. The van der Waals surface area contributed by atoms with E-state index < -0.39 is 4.92 Å². The third-order valence-electron chi connectivity index (χ3n) is 3.00. The normalized spacial score (nSPS) is 10.0. The number of nitro benzene ring substituents is 1. The molecule has 6 heteroatoms. The number of hydrogen-bond donors (Lipinski definition) is 1. The van der Waals surface area contributed by atoms with E-state index >= 15 is 0 Å². The summed E-state index contributed by atoms with van der Waals surface area (Å²) in [5.74, 6) is 0.238. The van der Waals surface area contributed by atoms with Gasteiger partial charge in [-0.25, -0.2) is 0 Å². The van der Waals surface area contributed by atoms with Crippen molar-refractivity contribution in [1.82, 2.24) is 0 Å². The van der Waals surface area contributed by atoms with E-state index in [-0.39, 0.29) is 18.0 Å². The van der Waals surface area contributed by atoms with Crippen LogP contribution >= 0.6 is 0 Å². The van der Waals surface area contributed by atoms with Gasteiger partial charge in [0.25, 0.3) is 5.69 Å². The Morgan fingerprint density at radius 2 is 1.86 bits per heavy atom. The molecule has 0 saturated heterocycles. The molecule has 114 valence electrons. The van der Waals surface area contributed by atoms with Gasteiger partial charge < -0.3 is 10.1 Å². The molecule has 0 radical (unpaired) electrons. The number of nitro groups is 1. The average Bonchev–Trinajstić information content (AvgIpc) is 2.50. The number of para-hydroxylation sites is 3. The highest BCUT2D eigenvalue weighted by molar-refractivity contribution is 5.94. The van der Waals surface area contributed by atoms with Crippen LogP contribution in [0.4, 0.5) is 11.4 Å². The van der Waals surface area contributed by atoms with E-state index in [9.17, 15) is 14.9 Å². The lowest BCUT2D eigenvalue weighted by Crippen LogP contribution is -2.16. The number of amides is 1. The van der Waals surface area contributed by atoms with E-state index in [1.165, 1.54) is 6.07 Å². The summed E-state index contributed by atoms with van der Waals surface area (Å²) in [6.45, 7) is 2.34. The van der Waals surface area contributed by atoms with E-state index in [0.717, 1.165) is 0 Å². The van der Waals surface area contributed by atoms with Crippen LogP contribution in [0, 0.1) is 10.1 Å². The number of nitrogens with zero attached hydrogens (tertiary/aromatic N) is 1. The Balaban J connectivity index is 2.13. The summed E-state index contributed by atoms with van der Waals surface area (Å²) in [6, 6.07) is 13.3. The van der Waals surface area contributed by atoms with Crippen LogP contribution < -0.4 is 10.1 Å². The molecule has 2 aromatic rings. The van der Waals surface area contributed by atoms with Gasteiger partial charge >= 0.3 is 0 Å². The first kappa shape index (κ1) is 15.5. The third kappa shape index (κ3) is 3.82. The van der Waals surface area contributed by atoms with Gasteiger partial charge in [-0.15, -0.1) is 0 Å². The van der Waals surface area contributed by atoms with Crippen molar-refractivity contribution in [2.45, 2.75) is 13.3 Å². The van der Waals surface area contributed by atoms with Crippen molar-refractivity contribution in [2.24, 2.45) is 0 Å². The molecule has 22 heavy (non-hydrogen) atoms. The third-order valence-corrected chi connectivity index (χ3v) is 3.00. The van der Waals surface area contributed by atoms with Gasteiger partial charge in [-0.2, -0.15) is 0 Å². The van der Waals surface area contributed by atoms with Crippen molar-refractivity contribution in [2.75, 3.05) is 11.9 Å². The number of hydrogen-bond acceptors (Lipinski definition) is 4. The van der Waals surface area contributed by atoms with E-state index in [4.69, 9.17) is 4.74 Å². The van der Waals surface area contributed by atoms with Crippen molar-refractivity contribution in [3.8, 4) is 5.75 Å². The molecule has 0 unspecified atom stereocenters. The maximum Gasteiger partial charge on any atom is 0.273 e. The summed E-state index contributed by atoms with van der Waals surface area (Å²) < 4.78 is 5.43. The summed E-state index contributed by atoms with van der Waals surface area (Å²) in [4.78, 5) is 22.6. The molecule has 0 aromatic heterocycles. The molecule has 0 bridgehead atoms. The topological polar surface area (TPSA) is 81.5 Å². The number of carbonyl (C=O) groups excluding carboxylic acids is 1. The van der Waals surface area contributed by atoms with Crippen LogP contribution in [-0.4, -0.2) is 17.4 Å². The van der Waals surface area contributed by atoms with Gasteiger partial charge in [0.15, 0.2) is 0 Å². The molecule has 0 saturated carbocycles. The minimum absolute atomic E-state index is 0.0595. The highest BCUT2D eigenvalue weighted by atomic mass is 16.6. The van der Waals surface area contributed by atoms with Crippen LogP contribution in [0.15, 0.2) is 48.5 Å². The summed E-state index contributed by atoms with van der Waals surface area (Å²) >= 11 is 0. The maximum atomic E-state index is 12.1. The zero-order chi connectivity index (χ0) is 15.9. The molecule has 0 aliphatic heterocycles. The van der Waals surface area contributed by atoms with Gasteiger partial charge in [0.1, 0.15) is 5.75 Å². The number of benzene rings is 2. The van der Waals surface area contributed by atoms with Gasteiger partial charge in [-0.05, 0) is 19.1 Å². The number of carbonyl (C=O) groups is 1. The Hall–Kier alpha value is -2.89. The van der Waals surface area contributed by atoms with Crippen LogP contribution in [0.1, 0.15) is 12.5 Å². The highest BCUT2D eigenvalue weighted by Crippen LogP contribution is 2.24. The predicted octanol–water partition coefficient (Wildman–Crippen LogP) is 3.17. The fourth-order valence-corrected chi connectivity index (χ4v) is 2.06. The quantitative estimate of drug-likeness (QED) is 0.656. The zero-order valence-electron chi connectivity index (χ0n) is 12.1. The Morgan fingerprint density at radius 3 is 2.59 bits per heavy atom. The number of rotatable bonds is 6. The molecule has 1 N–H and O–H groups in total. The molecule has 0 fully saturated rings. The Morgan fingerprint density at radius 1 is 1.18 bits per heavy atom. The van der Waals surface area contributed by atoms with Crippen LogP contribution in [0.5, 0.6) is 5.75 Å². The van der Waals surface area contributed by atoms with E-state index in [1.807, 2.05) is 13.0 Å². The summed E-state index contributed by atoms with van der Waals surface area (Å²) in [7, 11) is 0. The van der Waals surface area contributed by atoms with Crippen molar-refractivity contribution < 1.29 is 14.5 Å². The lowest BCUT2D eigenvalue weighted by Gasteiger charge is -2.11. The molecule has 0 atom stereocenters. The largest absolute Gasteiger partial charge is 0.492 e. The maximum absolute atomic E-state index is 12.1. The number of ether oxygens (including phenoxy) is 1. The van der Waals surface area contributed by atoms with Gasteiger partial charge in [-0.3, -0.25) is 14.9 Å². The monoisotopic (exact) mass is 300 g/mol. The average molecular weight is 300 g/mol. The van der Waals surface area contributed by atoms with Crippen LogP contribution in [0.3, 0.4) is 0 Å². The van der Waals surface area contributed by atoms with Crippen LogP contribution in [0.25, 0.3) is 0 Å². The first-order chi connectivity index (χ1) is 10.6. The van der Waals surface area contributed by atoms with Gasteiger partial charge in [0, 0.05) is 11.6 Å². The fourth-order valence-electron chi connectivity index (χ4n) is 2.06. The molecule has 6 nitrogen and oxygen atoms in total. The summed E-state index contributed by atoms with van der Waals surface area (Å²) in [5, 5.41) is 13.7. The molecular formula is C16H16N2O4. The number of nitrogens with one attached hydrogen (secondary N) is 1. The Kier molecular flexibility index (Phi) is 5.08. The van der Waals surface area contributed by atoms with Crippen molar-refractivity contribution >= 4 is 17.3 Å². The smallest absolute Gasteiger partial charge is 0.273 e. The first-order valence-corrected chi connectivity index (χ1v) is 6.85. The van der Waals surface area contributed by atoms with Crippen molar-refractivity contribution in [3.63, 3.8) is 0 Å². The second-order valence-corrected chi connectivity index (χ2v) is 4.54. The standard InChI is InChI=1S/C16H16N2O4/c1-2-22-15-10-6-4-8-13(15)17-16(19)11-12-7-3-5-9-14(12)18(20)21/h3-10H,2,11H2,1H3,(H,17,19). The van der Waals surface area contributed by atoms with Crippen LogP contribution in [-0.2, 0) is 11.2 Å². The fraction of sp³-hybridized carbons (Fsp3) is 0.188. The zero-order valence-corrected chi connectivity index (χ0v) is 12.1. The predicted molar refractivity (Wildman–Crippen MR) is 83.0 cm³/mol. The van der Waals surface area contributed by atoms with Gasteiger partial charge in [0.2, 0.25) is 5.91 Å². The van der Waals surface area contributed by atoms with E-state index in [2.05, 4.69) is 5.32 Å². The van der Waals surface area contributed by atoms with Gasteiger partial charge in [0.05, 0.1) is 23.6 Å². The van der Waals surface area contributed by atoms with Crippen LogP contribution in [0.2, 0.25) is 0 Å². The minimum atomic E-state index is -0.489. The molecule has 2 rings (SSSR count). The Bertz CT molecular complexity index is 685. The summed E-state index contributed by atoms with van der Waals surface area (Å²) in [5.41, 5.74) is 0.863. The second-order valence-electron chi connectivity index (χ2n) is 4.54. The first-order valence-electron chi connectivity index (χ1n) is 6.85.